The Morgan fingerprint density at radius 3 is 2.32 bits per heavy atom. The topological polar surface area (TPSA) is 52.6 Å². The van der Waals surface area contributed by atoms with E-state index in [0.29, 0.717) is 15.6 Å². The van der Waals surface area contributed by atoms with Crippen molar-refractivity contribution in [1.82, 2.24) is 0 Å². The number of hydrogen-bond donors (Lipinski definition) is 0. The second-order valence-corrected chi connectivity index (χ2v) is 6.72. The van der Waals surface area contributed by atoms with Crippen molar-refractivity contribution in [2.75, 3.05) is 6.61 Å². The molecule has 0 unspecified atom stereocenters. The standard InChI is InChI=1S/C22H16Cl2O4/c1-2-27-22(26)20-18(10-9-14-5-3-7-16(23)11-14)28-19(21(20)25)13-15-6-4-8-17(24)12-15/h3-13H,2H2,1H3/b10-9?,19-13+. The molecule has 2 aromatic rings. The lowest BCUT2D eigenvalue weighted by Gasteiger charge is -2.01. The number of rotatable bonds is 5. The molecule has 1 aliphatic rings. The van der Waals surface area contributed by atoms with Crippen LogP contribution in [-0.4, -0.2) is 18.4 Å². The molecule has 0 N–H and O–H groups in total. The average molecular weight is 415 g/mol. The number of halogens is 2. The maximum absolute atomic E-state index is 12.7. The molecule has 0 aromatic heterocycles. The molecule has 0 spiro atoms. The summed E-state index contributed by atoms with van der Waals surface area (Å²) in [6.45, 7) is 1.82. The summed E-state index contributed by atoms with van der Waals surface area (Å²) in [5.41, 5.74) is 1.33. The molecule has 0 bridgehead atoms. The molecule has 4 nitrogen and oxygen atoms in total. The van der Waals surface area contributed by atoms with Crippen molar-refractivity contribution >= 4 is 47.1 Å². The van der Waals surface area contributed by atoms with Gasteiger partial charge in [0.1, 0.15) is 5.76 Å². The first-order valence-corrected chi connectivity index (χ1v) is 9.28. The van der Waals surface area contributed by atoms with E-state index in [9.17, 15) is 9.59 Å². The van der Waals surface area contributed by atoms with Gasteiger partial charge in [-0.25, -0.2) is 4.79 Å². The van der Waals surface area contributed by atoms with Gasteiger partial charge in [-0.1, -0.05) is 53.5 Å². The van der Waals surface area contributed by atoms with Crippen LogP contribution < -0.4 is 0 Å². The highest BCUT2D eigenvalue weighted by molar-refractivity contribution is 6.31. The van der Waals surface area contributed by atoms with E-state index in [4.69, 9.17) is 32.7 Å². The fourth-order valence-corrected chi connectivity index (χ4v) is 2.99. The third-order valence-electron chi connectivity index (χ3n) is 3.82. The third kappa shape index (κ3) is 4.71. The minimum atomic E-state index is -0.729. The number of benzene rings is 2. The summed E-state index contributed by atoms with van der Waals surface area (Å²) in [6, 6.07) is 14.1. The molecular formula is C22H16Cl2O4. The van der Waals surface area contributed by atoms with Crippen LogP contribution in [0.4, 0.5) is 0 Å². The predicted octanol–water partition coefficient (Wildman–Crippen LogP) is 5.46. The smallest absolute Gasteiger partial charge is 0.346 e. The van der Waals surface area contributed by atoms with Crippen LogP contribution in [0.2, 0.25) is 10.0 Å². The van der Waals surface area contributed by atoms with Gasteiger partial charge in [-0.2, -0.15) is 0 Å². The molecule has 3 rings (SSSR count). The monoisotopic (exact) mass is 414 g/mol. The Morgan fingerprint density at radius 1 is 1.04 bits per heavy atom. The Morgan fingerprint density at radius 2 is 1.68 bits per heavy atom. The number of esters is 1. The summed E-state index contributed by atoms with van der Waals surface area (Å²) >= 11 is 12.0. The van der Waals surface area contributed by atoms with E-state index >= 15 is 0 Å². The largest absolute Gasteiger partial charge is 0.462 e. The lowest BCUT2D eigenvalue weighted by Crippen LogP contribution is -2.14. The Bertz CT molecular complexity index is 1020. The Balaban J connectivity index is 1.95. The minimum Gasteiger partial charge on any atom is -0.462 e. The lowest BCUT2D eigenvalue weighted by atomic mass is 10.1. The van der Waals surface area contributed by atoms with Gasteiger partial charge in [0.2, 0.25) is 5.78 Å². The molecule has 0 amide bonds. The van der Waals surface area contributed by atoms with Crippen molar-refractivity contribution in [2.45, 2.75) is 6.92 Å². The molecule has 0 aliphatic carbocycles. The number of carbonyl (C=O) groups is 2. The van der Waals surface area contributed by atoms with E-state index in [-0.39, 0.29) is 23.7 Å². The molecule has 0 saturated carbocycles. The van der Waals surface area contributed by atoms with Crippen LogP contribution in [-0.2, 0) is 19.1 Å². The summed E-state index contributed by atoms with van der Waals surface area (Å²) in [4.78, 5) is 25.0. The number of hydrogen-bond acceptors (Lipinski definition) is 4. The van der Waals surface area contributed by atoms with Gasteiger partial charge < -0.3 is 9.47 Å². The lowest BCUT2D eigenvalue weighted by molar-refractivity contribution is -0.139. The molecule has 2 aromatic carbocycles. The van der Waals surface area contributed by atoms with Gasteiger partial charge in [0.25, 0.3) is 0 Å². The van der Waals surface area contributed by atoms with Crippen LogP contribution in [0.5, 0.6) is 0 Å². The molecule has 0 atom stereocenters. The van der Waals surface area contributed by atoms with Crippen LogP contribution in [0.1, 0.15) is 18.1 Å². The van der Waals surface area contributed by atoms with E-state index in [0.717, 1.165) is 5.56 Å². The van der Waals surface area contributed by atoms with Gasteiger partial charge in [-0.15, -0.1) is 0 Å². The van der Waals surface area contributed by atoms with Gasteiger partial charge in [0, 0.05) is 10.0 Å². The maximum Gasteiger partial charge on any atom is 0.346 e. The van der Waals surface area contributed by atoms with E-state index < -0.39 is 11.8 Å². The van der Waals surface area contributed by atoms with Crippen LogP contribution >= 0.6 is 23.2 Å². The first kappa shape index (κ1) is 19.9. The molecule has 0 fully saturated rings. The summed E-state index contributed by atoms with van der Waals surface area (Å²) in [6.07, 6.45) is 4.79. The third-order valence-corrected chi connectivity index (χ3v) is 4.29. The molecule has 0 saturated heterocycles. The normalized spacial score (nSPS) is 15.4. The zero-order valence-corrected chi connectivity index (χ0v) is 16.5. The summed E-state index contributed by atoms with van der Waals surface area (Å²) in [5, 5.41) is 1.10. The second-order valence-electron chi connectivity index (χ2n) is 5.84. The second kappa shape index (κ2) is 8.91. The van der Waals surface area contributed by atoms with Gasteiger partial charge in [0.15, 0.2) is 11.3 Å². The summed E-state index contributed by atoms with van der Waals surface area (Å²) < 4.78 is 10.7. The molecule has 0 radical (unpaired) electrons. The van der Waals surface area contributed by atoms with Crippen molar-refractivity contribution in [3.05, 3.63) is 92.9 Å². The Labute approximate surface area is 172 Å². The highest BCUT2D eigenvalue weighted by Crippen LogP contribution is 2.29. The van der Waals surface area contributed by atoms with Crippen molar-refractivity contribution in [1.29, 1.82) is 0 Å². The van der Waals surface area contributed by atoms with Gasteiger partial charge in [-0.3, -0.25) is 4.79 Å². The highest BCUT2D eigenvalue weighted by atomic mass is 35.5. The predicted molar refractivity (Wildman–Crippen MR) is 110 cm³/mol. The molecule has 1 aliphatic heterocycles. The van der Waals surface area contributed by atoms with Crippen LogP contribution in [0.15, 0.2) is 71.7 Å². The number of carbonyl (C=O) groups excluding carboxylic acids is 2. The van der Waals surface area contributed by atoms with Gasteiger partial charge in [-0.05, 0) is 54.5 Å². The van der Waals surface area contributed by atoms with Crippen molar-refractivity contribution in [2.24, 2.45) is 0 Å². The van der Waals surface area contributed by atoms with E-state index in [2.05, 4.69) is 0 Å². The number of Topliss-reactive ketones (excluding diaryl/α,β-unsaturated/α-hetero) is 1. The van der Waals surface area contributed by atoms with Crippen molar-refractivity contribution in [3.8, 4) is 0 Å². The first-order chi connectivity index (χ1) is 13.5. The van der Waals surface area contributed by atoms with Crippen LogP contribution in [0.25, 0.3) is 12.2 Å². The number of ether oxygens (including phenoxy) is 2. The Hall–Kier alpha value is -2.82. The number of allylic oxidation sites excluding steroid dienone is 2. The minimum absolute atomic E-state index is 0.0241. The van der Waals surface area contributed by atoms with Gasteiger partial charge >= 0.3 is 5.97 Å². The molecular weight excluding hydrogens is 399 g/mol. The Kier molecular flexibility index (Phi) is 6.34. The van der Waals surface area contributed by atoms with Crippen molar-refractivity contribution in [3.63, 3.8) is 0 Å². The summed E-state index contributed by atoms with van der Waals surface area (Å²) in [7, 11) is 0. The SMILES string of the molecule is CCOC(=O)C1=C(C=Cc2cccc(Cl)c2)O/C(=C/c2cccc(Cl)c2)C1=O. The van der Waals surface area contributed by atoms with E-state index in [1.165, 1.54) is 6.08 Å². The first-order valence-electron chi connectivity index (χ1n) is 8.53. The fourth-order valence-electron chi connectivity index (χ4n) is 2.59. The quantitative estimate of drug-likeness (QED) is 0.370. The summed E-state index contributed by atoms with van der Waals surface area (Å²) in [5.74, 6) is -1.12. The van der Waals surface area contributed by atoms with Crippen molar-refractivity contribution < 1.29 is 19.1 Å². The molecule has 1 heterocycles. The molecule has 28 heavy (non-hydrogen) atoms. The van der Waals surface area contributed by atoms with E-state index in [1.54, 1.807) is 61.5 Å². The fraction of sp³-hybridized carbons (Fsp3) is 0.0909. The number of ketones is 1. The van der Waals surface area contributed by atoms with Gasteiger partial charge in [0.05, 0.1) is 6.61 Å². The van der Waals surface area contributed by atoms with Crippen LogP contribution in [0.3, 0.4) is 0 Å². The van der Waals surface area contributed by atoms with E-state index in [1.807, 2.05) is 6.07 Å². The maximum atomic E-state index is 12.7. The molecule has 6 heteroatoms. The zero-order chi connectivity index (χ0) is 20.1. The average Bonchev–Trinajstić information content (AvgIpc) is 2.96. The zero-order valence-electron chi connectivity index (χ0n) is 14.9. The highest BCUT2D eigenvalue weighted by Gasteiger charge is 2.35. The van der Waals surface area contributed by atoms with Crippen LogP contribution in [0, 0.1) is 0 Å². The molecule has 142 valence electrons.